The SMILES string of the molecule is Cc1nccc(-c2cccc(N3CCC(N[C@H](C)Cc4ccccn4)CC3)c2)n1. The minimum absolute atomic E-state index is 0.436. The molecule has 0 unspecified atom stereocenters. The number of nitrogens with zero attached hydrogens (tertiary/aromatic N) is 4. The monoisotopic (exact) mass is 387 g/mol. The Labute approximate surface area is 173 Å². The van der Waals surface area contributed by atoms with Gasteiger partial charge in [-0.25, -0.2) is 9.97 Å². The molecule has 150 valence electrons. The summed E-state index contributed by atoms with van der Waals surface area (Å²) in [4.78, 5) is 15.7. The Morgan fingerprint density at radius 1 is 1.03 bits per heavy atom. The number of rotatable bonds is 6. The second-order valence-electron chi connectivity index (χ2n) is 7.89. The molecule has 1 saturated heterocycles. The van der Waals surface area contributed by atoms with Crippen LogP contribution in [0, 0.1) is 6.92 Å². The van der Waals surface area contributed by atoms with Crippen LogP contribution in [0.2, 0.25) is 0 Å². The van der Waals surface area contributed by atoms with Crippen LogP contribution in [0.1, 0.15) is 31.3 Å². The number of hydrogen-bond acceptors (Lipinski definition) is 5. The Kier molecular flexibility index (Phi) is 6.15. The molecule has 1 aliphatic heterocycles. The maximum Gasteiger partial charge on any atom is 0.125 e. The van der Waals surface area contributed by atoms with E-state index in [0.717, 1.165) is 55.1 Å². The Bertz CT molecular complexity index is 919. The molecule has 0 amide bonds. The van der Waals surface area contributed by atoms with Crippen LogP contribution in [0.15, 0.2) is 60.9 Å². The van der Waals surface area contributed by atoms with Gasteiger partial charge in [-0.2, -0.15) is 0 Å². The molecule has 1 N–H and O–H groups in total. The minimum atomic E-state index is 0.436. The van der Waals surface area contributed by atoms with Crippen molar-refractivity contribution in [3.05, 3.63) is 72.4 Å². The van der Waals surface area contributed by atoms with Gasteiger partial charge in [-0.1, -0.05) is 18.2 Å². The van der Waals surface area contributed by atoms with E-state index < -0.39 is 0 Å². The standard InChI is InChI=1S/C24H29N5/c1-18(16-22-7-3-4-12-26-22)27-21-10-14-29(15-11-21)23-8-5-6-20(17-23)24-9-13-25-19(2)28-24/h3-9,12-13,17-18,21,27H,10-11,14-16H2,1-2H3/t18-/m1/s1. The van der Waals surface area contributed by atoms with Crippen LogP contribution in [0.3, 0.4) is 0 Å². The van der Waals surface area contributed by atoms with Crippen LogP contribution in [-0.2, 0) is 6.42 Å². The van der Waals surface area contributed by atoms with Gasteiger partial charge < -0.3 is 10.2 Å². The summed E-state index contributed by atoms with van der Waals surface area (Å²) >= 11 is 0. The van der Waals surface area contributed by atoms with E-state index in [4.69, 9.17) is 0 Å². The summed E-state index contributed by atoms with van der Waals surface area (Å²) in [6.45, 7) is 6.33. The third-order valence-corrected chi connectivity index (χ3v) is 5.54. The lowest BCUT2D eigenvalue weighted by Crippen LogP contribution is -2.46. The van der Waals surface area contributed by atoms with Gasteiger partial charge in [0.2, 0.25) is 0 Å². The van der Waals surface area contributed by atoms with Gasteiger partial charge in [-0.15, -0.1) is 0 Å². The van der Waals surface area contributed by atoms with Crippen molar-refractivity contribution in [3.63, 3.8) is 0 Å². The van der Waals surface area contributed by atoms with E-state index in [-0.39, 0.29) is 0 Å². The van der Waals surface area contributed by atoms with Crippen LogP contribution < -0.4 is 10.2 Å². The van der Waals surface area contributed by atoms with Crippen molar-refractivity contribution in [1.82, 2.24) is 20.3 Å². The van der Waals surface area contributed by atoms with Crippen LogP contribution >= 0.6 is 0 Å². The van der Waals surface area contributed by atoms with E-state index in [2.05, 4.69) is 68.5 Å². The molecule has 5 heteroatoms. The van der Waals surface area contributed by atoms with Gasteiger partial charge in [0.25, 0.3) is 0 Å². The summed E-state index contributed by atoms with van der Waals surface area (Å²) in [5, 5.41) is 3.80. The number of benzene rings is 1. The lowest BCUT2D eigenvalue weighted by molar-refractivity contribution is 0.374. The maximum absolute atomic E-state index is 4.56. The largest absolute Gasteiger partial charge is 0.371 e. The maximum atomic E-state index is 4.56. The van der Waals surface area contributed by atoms with Crippen LogP contribution in [0.25, 0.3) is 11.3 Å². The van der Waals surface area contributed by atoms with E-state index >= 15 is 0 Å². The summed E-state index contributed by atoms with van der Waals surface area (Å²) in [5.41, 5.74) is 4.57. The van der Waals surface area contributed by atoms with Crippen LogP contribution in [0.4, 0.5) is 5.69 Å². The third kappa shape index (κ3) is 5.18. The number of nitrogens with one attached hydrogen (secondary N) is 1. The van der Waals surface area contributed by atoms with Gasteiger partial charge in [0, 0.05) is 60.9 Å². The topological polar surface area (TPSA) is 53.9 Å². The number of aryl methyl sites for hydroxylation is 1. The molecular formula is C24H29N5. The number of piperidine rings is 1. The molecule has 0 bridgehead atoms. The first-order chi connectivity index (χ1) is 14.2. The molecule has 3 heterocycles. The molecule has 4 rings (SSSR count). The van der Waals surface area contributed by atoms with Crippen LogP contribution in [-0.4, -0.2) is 40.1 Å². The third-order valence-electron chi connectivity index (χ3n) is 5.54. The summed E-state index contributed by atoms with van der Waals surface area (Å²) in [5.74, 6) is 0.805. The van der Waals surface area contributed by atoms with E-state index in [1.165, 1.54) is 5.69 Å². The molecule has 0 radical (unpaired) electrons. The fraction of sp³-hybridized carbons (Fsp3) is 0.375. The van der Waals surface area contributed by atoms with Gasteiger partial charge >= 0.3 is 0 Å². The molecule has 0 saturated carbocycles. The lowest BCUT2D eigenvalue weighted by Gasteiger charge is -2.35. The fourth-order valence-electron chi connectivity index (χ4n) is 4.08. The van der Waals surface area contributed by atoms with Crippen molar-refractivity contribution in [2.45, 2.75) is 45.2 Å². The van der Waals surface area contributed by atoms with Crippen molar-refractivity contribution in [2.24, 2.45) is 0 Å². The molecule has 0 spiro atoms. The summed E-state index contributed by atoms with van der Waals surface area (Å²) < 4.78 is 0. The smallest absolute Gasteiger partial charge is 0.125 e. The van der Waals surface area contributed by atoms with Gasteiger partial charge in [0.1, 0.15) is 5.82 Å². The molecule has 1 fully saturated rings. The molecule has 0 aliphatic carbocycles. The zero-order chi connectivity index (χ0) is 20.1. The van der Waals surface area contributed by atoms with Gasteiger partial charge in [-0.3, -0.25) is 4.98 Å². The minimum Gasteiger partial charge on any atom is -0.371 e. The van der Waals surface area contributed by atoms with E-state index in [1.54, 1.807) is 0 Å². The van der Waals surface area contributed by atoms with E-state index in [0.29, 0.717) is 12.1 Å². The zero-order valence-electron chi connectivity index (χ0n) is 17.3. The Morgan fingerprint density at radius 3 is 2.66 bits per heavy atom. The zero-order valence-corrected chi connectivity index (χ0v) is 17.3. The molecule has 1 atom stereocenters. The summed E-state index contributed by atoms with van der Waals surface area (Å²) in [6.07, 6.45) is 6.99. The van der Waals surface area contributed by atoms with Crippen molar-refractivity contribution >= 4 is 5.69 Å². The molecule has 29 heavy (non-hydrogen) atoms. The first-order valence-corrected chi connectivity index (χ1v) is 10.5. The Hall–Kier alpha value is -2.79. The van der Waals surface area contributed by atoms with Crippen molar-refractivity contribution in [3.8, 4) is 11.3 Å². The Morgan fingerprint density at radius 2 is 1.90 bits per heavy atom. The van der Waals surface area contributed by atoms with Crippen molar-refractivity contribution < 1.29 is 0 Å². The molecule has 5 nitrogen and oxygen atoms in total. The normalized spacial score (nSPS) is 16.0. The number of pyridine rings is 1. The molecule has 2 aromatic heterocycles. The second kappa shape index (κ2) is 9.14. The first kappa shape index (κ1) is 19.5. The van der Waals surface area contributed by atoms with Crippen molar-refractivity contribution in [1.29, 1.82) is 0 Å². The molecule has 1 aromatic carbocycles. The quantitative estimate of drug-likeness (QED) is 0.692. The lowest BCUT2D eigenvalue weighted by atomic mass is 10.0. The fourth-order valence-corrected chi connectivity index (χ4v) is 4.08. The van der Waals surface area contributed by atoms with E-state index in [1.807, 2.05) is 31.5 Å². The molecular weight excluding hydrogens is 358 g/mol. The van der Waals surface area contributed by atoms with Crippen LogP contribution in [0.5, 0.6) is 0 Å². The summed E-state index contributed by atoms with van der Waals surface area (Å²) in [6, 6.07) is 17.8. The first-order valence-electron chi connectivity index (χ1n) is 10.5. The highest BCUT2D eigenvalue weighted by molar-refractivity contribution is 5.65. The van der Waals surface area contributed by atoms with Gasteiger partial charge in [-0.05, 0) is 57.0 Å². The number of hydrogen-bond donors (Lipinski definition) is 1. The highest BCUT2D eigenvalue weighted by Crippen LogP contribution is 2.26. The molecule has 3 aromatic rings. The van der Waals surface area contributed by atoms with Gasteiger partial charge in [0.15, 0.2) is 0 Å². The highest BCUT2D eigenvalue weighted by Gasteiger charge is 2.21. The second-order valence-corrected chi connectivity index (χ2v) is 7.89. The average molecular weight is 388 g/mol. The average Bonchev–Trinajstić information content (AvgIpc) is 2.75. The summed E-state index contributed by atoms with van der Waals surface area (Å²) in [7, 11) is 0. The van der Waals surface area contributed by atoms with Gasteiger partial charge in [0.05, 0.1) is 5.69 Å². The highest BCUT2D eigenvalue weighted by atomic mass is 15.1. The van der Waals surface area contributed by atoms with E-state index in [9.17, 15) is 0 Å². The Balaban J connectivity index is 1.33. The predicted molar refractivity (Wildman–Crippen MR) is 118 cm³/mol. The number of anilines is 1. The van der Waals surface area contributed by atoms with Crippen molar-refractivity contribution in [2.75, 3.05) is 18.0 Å². The number of aromatic nitrogens is 3. The molecule has 1 aliphatic rings. The predicted octanol–water partition coefficient (Wildman–Crippen LogP) is 4.04.